The number of para-hydroxylation sites is 1. The summed E-state index contributed by atoms with van der Waals surface area (Å²) in [5.74, 6) is 0. The summed E-state index contributed by atoms with van der Waals surface area (Å²) in [5.41, 5.74) is 1.96. The van der Waals surface area contributed by atoms with Gasteiger partial charge in [0.15, 0.2) is 0 Å². The maximum absolute atomic E-state index is 10.9. The number of nitro groups is 1. The van der Waals surface area contributed by atoms with Crippen molar-refractivity contribution in [2.45, 2.75) is 4.90 Å². The maximum atomic E-state index is 10.9. The predicted molar refractivity (Wildman–Crippen MR) is 113 cm³/mol. The second-order valence-electron chi connectivity index (χ2n) is 5.76. The number of nitro benzene ring substituents is 1. The zero-order valence-electron chi connectivity index (χ0n) is 14.1. The van der Waals surface area contributed by atoms with Gasteiger partial charge < -0.3 is 0 Å². The van der Waals surface area contributed by atoms with Crippen LogP contribution in [0.5, 0.6) is 0 Å². The molecule has 0 aliphatic heterocycles. The second kappa shape index (κ2) is 7.73. The Morgan fingerprint density at radius 2 is 1.67 bits per heavy atom. The van der Waals surface area contributed by atoms with Crippen LogP contribution in [0.3, 0.4) is 0 Å². The molecule has 4 aromatic rings. The van der Waals surface area contributed by atoms with Gasteiger partial charge in [-0.3, -0.25) is 10.1 Å². The second-order valence-corrected chi connectivity index (χ2v) is 7.91. The van der Waals surface area contributed by atoms with Crippen LogP contribution in [-0.2, 0) is 0 Å². The van der Waals surface area contributed by atoms with E-state index in [4.69, 9.17) is 4.98 Å². The summed E-state index contributed by atoms with van der Waals surface area (Å²) < 4.78 is 1.13. The normalized spacial score (nSPS) is 11.6. The Bertz CT molecular complexity index is 1090. The summed E-state index contributed by atoms with van der Waals surface area (Å²) in [6.07, 6.45) is 2.03. The Labute approximate surface area is 164 Å². The van der Waals surface area contributed by atoms with Gasteiger partial charge in [-0.05, 0) is 48.0 Å². The number of nitrogens with zero attached hydrogens (tertiary/aromatic N) is 2. The van der Waals surface area contributed by atoms with E-state index in [0.29, 0.717) is 0 Å². The fraction of sp³-hybridized carbons (Fsp3) is 0. The highest BCUT2D eigenvalue weighted by molar-refractivity contribution is 8.08. The van der Waals surface area contributed by atoms with Gasteiger partial charge in [-0.15, -0.1) is 11.3 Å². The first-order valence-corrected chi connectivity index (χ1v) is 9.87. The van der Waals surface area contributed by atoms with Gasteiger partial charge in [0.05, 0.1) is 15.1 Å². The van der Waals surface area contributed by atoms with Gasteiger partial charge in [0.2, 0.25) is 0 Å². The van der Waals surface area contributed by atoms with E-state index in [-0.39, 0.29) is 10.6 Å². The van der Waals surface area contributed by atoms with Gasteiger partial charge in [-0.2, -0.15) is 0 Å². The number of hydrogen-bond donors (Lipinski definition) is 0. The van der Waals surface area contributed by atoms with Crippen LogP contribution >= 0.6 is 23.1 Å². The van der Waals surface area contributed by atoms with Gasteiger partial charge in [-0.25, -0.2) is 4.98 Å². The van der Waals surface area contributed by atoms with Crippen molar-refractivity contribution in [1.29, 1.82) is 0 Å². The zero-order chi connectivity index (χ0) is 18.6. The Kier molecular flexibility index (Phi) is 5.00. The molecule has 0 atom stereocenters. The quantitative estimate of drug-likeness (QED) is 0.222. The minimum Gasteiger partial charge on any atom is -0.258 e. The van der Waals surface area contributed by atoms with Crippen LogP contribution in [-0.4, -0.2) is 9.91 Å². The van der Waals surface area contributed by atoms with Gasteiger partial charge in [0.1, 0.15) is 5.01 Å². The lowest BCUT2D eigenvalue weighted by Gasteiger charge is -2.05. The van der Waals surface area contributed by atoms with Crippen molar-refractivity contribution in [1.82, 2.24) is 4.98 Å². The number of aromatic nitrogens is 1. The highest BCUT2D eigenvalue weighted by Crippen LogP contribution is 2.39. The maximum Gasteiger partial charge on any atom is 0.269 e. The lowest BCUT2D eigenvalue weighted by atomic mass is 10.2. The number of non-ortho nitro benzene ring substituents is 1. The molecule has 4 rings (SSSR count). The van der Waals surface area contributed by atoms with Crippen molar-refractivity contribution in [2.75, 3.05) is 0 Å². The largest absolute Gasteiger partial charge is 0.269 e. The molecule has 0 N–H and O–H groups in total. The summed E-state index contributed by atoms with van der Waals surface area (Å²) in [6, 6.07) is 24.7. The third-order valence-corrected chi connectivity index (χ3v) is 6.12. The molecule has 0 saturated heterocycles. The molecule has 132 valence electrons. The molecule has 0 aliphatic rings. The summed E-state index contributed by atoms with van der Waals surface area (Å²) in [7, 11) is 0. The molecule has 3 aromatic carbocycles. The fourth-order valence-electron chi connectivity index (χ4n) is 2.57. The molecule has 0 fully saturated rings. The van der Waals surface area contributed by atoms with E-state index in [1.165, 1.54) is 12.1 Å². The Morgan fingerprint density at radius 1 is 0.963 bits per heavy atom. The molecule has 0 bridgehead atoms. The number of fused-ring (bicyclic) bond motifs is 1. The van der Waals surface area contributed by atoms with E-state index >= 15 is 0 Å². The van der Waals surface area contributed by atoms with Crippen LogP contribution in [0, 0.1) is 10.1 Å². The molecule has 0 radical (unpaired) electrons. The molecule has 0 spiro atoms. The van der Waals surface area contributed by atoms with E-state index < -0.39 is 0 Å². The first-order valence-electron chi connectivity index (χ1n) is 8.24. The van der Waals surface area contributed by atoms with Crippen molar-refractivity contribution in [3.63, 3.8) is 0 Å². The molecule has 1 aromatic heterocycles. The highest BCUT2D eigenvalue weighted by atomic mass is 32.2. The van der Waals surface area contributed by atoms with Gasteiger partial charge in [-0.1, -0.05) is 42.1 Å². The van der Waals surface area contributed by atoms with Gasteiger partial charge >= 0.3 is 0 Å². The first kappa shape index (κ1) is 17.5. The predicted octanol–water partition coefficient (Wildman–Crippen LogP) is 6.49. The molecule has 0 saturated carbocycles. The van der Waals surface area contributed by atoms with E-state index in [2.05, 4.69) is 18.2 Å². The third kappa shape index (κ3) is 4.07. The molecular formula is C21H14N2O2S2. The minimum absolute atomic E-state index is 0.0874. The van der Waals surface area contributed by atoms with Crippen molar-refractivity contribution in [2.24, 2.45) is 0 Å². The number of benzene rings is 3. The minimum atomic E-state index is -0.388. The van der Waals surface area contributed by atoms with E-state index in [0.717, 1.165) is 30.6 Å². The lowest BCUT2D eigenvalue weighted by molar-refractivity contribution is -0.384. The third-order valence-electron chi connectivity index (χ3n) is 3.88. The average molecular weight is 390 g/mol. The fourth-order valence-corrected chi connectivity index (χ4v) is 4.57. The molecule has 0 aliphatic carbocycles. The lowest BCUT2D eigenvalue weighted by Crippen LogP contribution is -1.87. The Balaban J connectivity index is 1.76. The van der Waals surface area contributed by atoms with Crippen LogP contribution in [0.4, 0.5) is 5.69 Å². The van der Waals surface area contributed by atoms with Crippen LogP contribution in [0.15, 0.2) is 83.8 Å². The highest BCUT2D eigenvalue weighted by Gasteiger charge is 2.11. The van der Waals surface area contributed by atoms with Crippen molar-refractivity contribution in [3.8, 4) is 0 Å². The average Bonchev–Trinajstić information content (AvgIpc) is 3.13. The standard InChI is InChI=1S/C21H14N2O2S2/c24-23(25)16-12-10-15(11-13-16)14-20(26-17-6-2-1-3-7-17)21-22-18-8-4-5-9-19(18)27-21/h1-14H/b20-14+. The molecule has 6 heteroatoms. The molecule has 0 amide bonds. The number of rotatable bonds is 5. The summed E-state index contributed by atoms with van der Waals surface area (Å²) in [4.78, 5) is 17.4. The monoisotopic (exact) mass is 390 g/mol. The molecule has 0 unspecified atom stereocenters. The summed E-state index contributed by atoms with van der Waals surface area (Å²) in [5, 5.41) is 11.8. The molecule has 1 heterocycles. The Hall–Kier alpha value is -2.96. The van der Waals surface area contributed by atoms with Crippen molar-refractivity contribution >= 4 is 50.0 Å². The summed E-state index contributed by atoms with van der Waals surface area (Å²) >= 11 is 3.28. The SMILES string of the molecule is O=[N+]([O-])c1ccc(/C=C(/Sc2ccccc2)c2nc3ccccc3s2)cc1. The van der Waals surface area contributed by atoms with Gasteiger partial charge in [0.25, 0.3) is 5.69 Å². The van der Waals surface area contributed by atoms with Crippen molar-refractivity contribution < 1.29 is 4.92 Å². The zero-order valence-corrected chi connectivity index (χ0v) is 15.7. The smallest absolute Gasteiger partial charge is 0.258 e. The first-order chi connectivity index (χ1) is 13.2. The van der Waals surface area contributed by atoms with Crippen LogP contribution in [0.1, 0.15) is 10.6 Å². The number of hydrogen-bond acceptors (Lipinski definition) is 5. The number of thiazole rings is 1. The molecule has 27 heavy (non-hydrogen) atoms. The van der Waals surface area contributed by atoms with Crippen molar-refractivity contribution in [3.05, 3.63) is 99.5 Å². The van der Waals surface area contributed by atoms with Crippen LogP contribution in [0.25, 0.3) is 21.2 Å². The molecular weight excluding hydrogens is 376 g/mol. The number of thioether (sulfide) groups is 1. The van der Waals surface area contributed by atoms with Crippen LogP contribution in [0.2, 0.25) is 0 Å². The topological polar surface area (TPSA) is 56.0 Å². The Morgan fingerprint density at radius 3 is 2.37 bits per heavy atom. The van der Waals surface area contributed by atoms with E-state index in [1.807, 2.05) is 42.5 Å². The van der Waals surface area contributed by atoms with E-state index in [1.54, 1.807) is 35.2 Å². The van der Waals surface area contributed by atoms with Gasteiger partial charge in [0, 0.05) is 21.9 Å². The molecule has 4 nitrogen and oxygen atoms in total. The van der Waals surface area contributed by atoms with Crippen LogP contribution < -0.4 is 0 Å². The van der Waals surface area contributed by atoms with E-state index in [9.17, 15) is 10.1 Å². The summed E-state index contributed by atoms with van der Waals surface area (Å²) in [6.45, 7) is 0.